The van der Waals surface area contributed by atoms with Gasteiger partial charge in [-0.15, -0.1) is 0 Å². The molecule has 1 atom stereocenters. The van der Waals surface area contributed by atoms with Gasteiger partial charge < -0.3 is 14.8 Å². The number of para-hydroxylation sites is 2. The van der Waals surface area contributed by atoms with E-state index in [1.807, 2.05) is 24.3 Å². The molecular weight excluding hydrogens is 342 g/mol. The standard InChI is InChI=1S/C21H25N3O3/c25-21(20-13-26-18-7-3-4-8-19(18)27-20)22-12-15-11-17(14-9-10-14)24(23-15)16-5-1-2-6-16/h3-4,7-8,11,14,16,20H,1-2,5-6,9-10,12-13H2,(H,22,25). The summed E-state index contributed by atoms with van der Waals surface area (Å²) in [6, 6.07) is 10.2. The van der Waals surface area contributed by atoms with Crippen LogP contribution in [0.1, 0.15) is 61.9 Å². The summed E-state index contributed by atoms with van der Waals surface area (Å²) in [5.41, 5.74) is 2.30. The first-order chi connectivity index (χ1) is 13.3. The van der Waals surface area contributed by atoms with Gasteiger partial charge in [0.15, 0.2) is 11.5 Å². The summed E-state index contributed by atoms with van der Waals surface area (Å²) in [7, 11) is 0. The van der Waals surface area contributed by atoms with Crippen molar-refractivity contribution in [3.63, 3.8) is 0 Å². The summed E-state index contributed by atoms with van der Waals surface area (Å²) >= 11 is 0. The number of nitrogens with zero attached hydrogens (tertiary/aromatic N) is 2. The number of hydrogen-bond acceptors (Lipinski definition) is 4. The van der Waals surface area contributed by atoms with Crippen molar-refractivity contribution in [2.75, 3.05) is 6.61 Å². The number of aromatic nitrogens is 2. The second-order valence-corrected chi connectivity index (χ2v) is 7.80. The Kier molecular flexibility index (Phi) is 4.26. The van der Waals surface area contributed by atoms with Crippen LogP contribution in [0.25, 0.3) is 0 Å². The smallest absolute Gasteiger partial charge is 0.265 e. The topological polar surface area (TPSA) is 65.4 Å². The number of nitrogens with one attached hydrogen (secondary N) is 1. The molecule has 0 radical (unpaired) electrons. The van der Waals surface area contributed by atoms with Gasteiger partial charge in [-0.1, -0.05) is 25.0 Å². The molecule has 1 aliphatic heterocycles. The van der Waals surface area contributed by atoms with Gasteiger partial charge in [-0.05, 0) is 43.9 Å². The lowest BCUT2D eigenvalue weighted by atomic mass is 10.2. The molecule has 2 saturated carbocycles. The maximum absolute atomic E-state index is 12.5. The summed E-state index contributed by atoms with van der Waals surface area (Å²) in [6.45, 7) is 0.659. The van der Waals surface area contributed by atoms with Crippen LogP contribution in [0.5, 0.6) is 11.5 Å². The van der Waals surface area contributed by atoms with Gasteiger partial charge in [0, 0.05) is 11.6 Å². The van der Waals surface area contributed by atoms with Crippen LogP contribution >= 0.6 is 0 Å². The monoisotopic (exact) mass is 367 g/mol. The molecule has 0 bridgehead atoms. The van der Waals surface area contributed by atoms with E-state index < -0.39 is 6.10 Å². The third kappa shape index (κ3) is 3.40. The molecule has 1 aromatic heterocycles. The minimum Gasteiger partial charge on any atom is -0.485 e. The normalized spacial score (nSPS) is 22.0. The van der Waals surface area contributed by atoms with Gasteiger partial charge in [0.05, 0.1) is 18.3 Å². The van der Waals surface area contributed by atoms with E-state index in [-0.39, 0.29) is 12.5 Å². The van der Waals surface area contributed by atoms with Crippen LogP contribution < -0.4 is 14.8 Å². The number of amides is 1. The second kappa shape index (κ2) is 6.91. The minimum atomic E-state index is -0.625. The van der Waals surface area contributed by atoms with E-state index in [9.17, 15) is 4.79 Å². The number of carbonyl (C=O) groups is 1. The second-order valence-electron chi connectivity index (χ2n) is 7.80. The van der Waals surface area contributed by atoms with Crippen LogP contribution in [0.15, 0.2) is 30.3 Å². The van der Waals surface area contributed by atoms with Crippen molar-refractivity contribution in [2.24, 2.45) is 0 Å². The van der Waals surface area contributed by atoms with E-state index in [2.05, 4.69) is 16.1 Å². The largest absolute Gasteiger partial charge is 0.485 e. The number of carbonyl (C=O) groups excluding carboxylic acids is 1. The summed E-state index contributed by atoms with van der Waals surface area (Å²) < 4.78 is 13.7. The molecule has 1 unspecified atom stereocenters. The zero-order valence-corrected chi connectivity index (χ0v) is 15.4. The Morgan fingerprint density at radius 3 is 2.70 bits per heavy atom. The molecule has 27 heavy (non-hydrogen) atoms. The van der Waals surface area contributed by atoms with E-state index in [1.165, 1.54) is 44.2 Å². The van der Waals surface area contributed by atoms with Crippen molar-refractivity contribution in [1.29, 1.82) is 0 Å². The fourth-order valence-corrected chi connectivity index (χ4v) is 4.11. The highest BCUT2D eigenvalue weighted by atomic mass is 16.6. The summed E-state index contributed by atoms with van der Waals surface area (Å²) in [5.74, 6) is 1.80. The molecule has 0 spiro atoms. The van der Waals surface area contributed by atoms with E-state index in [0.717, 1.165) is 5.69 Å². The highest BCUT2D eigenvalue weighted by Gasteiger charge is 2.32. The lowest BCUT2D eigenvalue weighted by Crippen LogP contribution is -2.43. The number of rotatable bonds is 5. The van der Waals surface area contributed by atoms with Gasteiger partial charge in [0.1, 0.15) is 6.61 Å². The van der Waals surface area contributed by atoms with Crippen LogP contribution in [-0.2, 0) is 11.3 Å². The fraction of sp³-hybridized carbons (Fsp3) is 0.524. The molecule has 2 heterocycles. The maximum atomic E-state index is 12.5. The quantitative estimate of drug-likeness (QED) is 0.880. The summed E-state index contributed by atoms with van der Waals surface area (Å²) in [5, 5.41) is 7.81. The van der Waals surface area contributed by atoms with Gasteiger partial charge >= 0.3 is 0 Å². The molecule has 1 N–H and O–H groups in total. The number of ether oxygens (including phenoxy) is 2. The van der Waals surface area contributed by atoms with Crippen molar-refractivity contribution >= 4 is 5.91 Å². The Hall–Kier alpha value is -2.50. The lowest BCUT2D eigenvalue weighted by molar-refractivity contribution is -0.130. The van der Waals surface area contributed by atoms with Gasteiger partial charge in [-0.3, -0.25) is 9.48 Å². The zero-order chi connectivity index (χ0) is 18.2. The SMILES string of the molecule is O=C(NCc1cc(C2CC2)n(C2CCCC2)n1)C1COc2ccccc2O1. The Morgan fingerprint density at radius 1 is 1.15 bits per heavy atom. The van der Waals surface area contributed by atoms with E-state index in [0.29, 0.717) is 30.0 Å². The number of fused-ring (bicyclic) bond motifs is 1. The van der Waals surface area contributed by atoms with Crippen LogP contribution in [0.2, 0.25) is 0 Å². The third-order valence-corrected chi connectivity index (χ3v) is 5.73. The average Bonchev–Trinajstić information content (AvgIpc) is 3.24. The van der Waals surface area contributed by atoms with Crippen LogP contribution in [-0.4, -0.2) is 28.4 Å². The molecule has 3 aliphatic rings. The van der Waals surface area contributed by atoms with E-state index >= 15 is 0 Å². The minimum absolute atomic E-state index is 0.159. The average molecular weight is 367 g/mol. The van der Waals surface area contributed by atoms with Crippen LogP contribution in [0.3, 0.4) is 0 Å². The van der Waals surface area contributed by atoms with Crippen LogP contribution in [0.4, 0.5) is 0 Å². The predicted octanol–water partition coefficient (Wildman–Crippen LogP) is 3.33. The van der Waals surface area contributed by atoms with E-state index in [1.54, 1.807) is 0 Å². The Morgan fingerprint density at radius 2 is 1.93 bits per heavy atom. The molecular formula is C21H25N3O3. The van der Waals surface area contributed by atoms with Crippen molar-refractivity contribution in [2.45, 2.75) is 63.1 Å². The fourth-order valence-electron chi connectivity index (χ4n) is 4.11. The molecule has 2 fully saturated rings. The van der Waals surface area contributed by atoms with Crippen molar-refractivity contribution in [3.8, 4) is 11.5 Å². The van der Waals surface area contributed by atoms with Crippen molar-refractivity contribution in [1.82, 2.24) is 15.1 Å². The van der Waals surface area contributed by atoms with Crippen molar-refractivity contribution in [3.05, 3.63) is 41.7 Å². The summed E-state index contributed by atoms with van der Waals surface area (Å²) in [6.07, 6.45) is 6.93. The molecule has 5 rings (SSSR count). The molecule has 2 aliphatic carbocycles. The third-order valence-electron chi connectivity index (χ3n) is 5.73. The molecule has 1 aromatic carbocycles. The highest BCUT2D eigenvalue weighted by molar-refractivity contribution is 5.81. The molecule has 6 heteroatoms. The van der Waals surface area contributed by atoms with Gasteiger partial charge in [0.2, 0.25) is 6.10 Å². The van der Waals surface area contributed by atoms with Crippen molar-refractivity contribution < 1.29 is 14.3 Å². The number of hydrogen-bond donors (Lipinski definition) is 1. The Balaban J connectivity index is 1.24. The van der Waals surface area contributed by atoms with Crippen LogP contribution in [0, 0.1) is 0 Å². The molecule has 1 amide bonds. The molecule has 6 nitrogen and oxygen atoms in total. The van der Waals surface area contributed by atoms with Gasteiger partial charge in [0.25, 0.3) is 5.91 Å². The first-order valence-corrected chi connectivity index (χ1v) is 10.0. The number of benzene rings is 1. The first kappa shape index (κ1) is 16.7. The molecule has 2 aromatic rings. The molecule has 0 saturated heterocycles. The lowest BCUT2D eigenvalue weighted by Gasteiger charge is -2.25. The highest BCUT2D eigenvalue weighted by Crippen LogP contribution is 2.43. The zero-order valence-electron chi connectivity index (χ0n) is 15.4. The maximum Gasteiger partial charge on any atom is 0.265 e. The van der Waals surface area contributed by atoms with E-state index in [4.69, 9.17) is 14.6 Å². The van der Waals surface area contributed by atoms with Gasteiger partial charge in [-0.2, -0.15) is 5.10 Å². The Labute approximate surface area is 158 Å². The summed E-state index contributed by atoms with van der Waals surface area (Å²) in [4.78, 5) is 12.5. The molecule has 142 valence electrons. The first-order valence-electron chi connectivity index (χ1n) is 10.0. The Bertz CT molecular complexity index is 837. The predicted molar refractivity (Wildman–Crippen MR) is 99.9 cm³/mol. The van der Waals surface area contributed by atoms with Gasteiger partial charge in [-0.25, -0.2) is 0 Å².